The second-order valence-electron chi connectivity index (χ2n) is 9.11. The Labute approximate surface area is 166 Å². The standard InChI is InChI=1S/C22H32BO3Si/c1-21(2,24)22(3,4)26-23-18-10-12-19(13-11-18)25-16-17-8-14-20(15-9-17)27(5,6)7/h8-15,24H,16H2,1-7H3. The number of hydrogen-bond donors (Lipinski definition) is 1. The van der Waals surface area contributed by atoms with Gasteiger partial charge in [-0.15, -0.1) is 0 Å². The normalized spacial score (nSPS) is 12.7. The number of ether oxygens (including phenoxy) is 1. The summed E-state index contributed by atoms with van der Waals surface area (Å²) in [7, 11) is 0.423. The predicted octanol–water partition coefficient (Wildman–Crippen LogP) is 3.62. The minimum Gasteiger partial charge on any atom is -0.489 e. The Morgan fingerprint density at radius 2 is 1.44 bits per heavy atom. The van der Waals surface area contributed by atoms with E-state index in [0.717, 1.165) is 11.2 Å². The largest absolute Gasteiger partial charge is 0.489 e. The zero-order chi connectivity index (χ0) is 20.3. The summed E-state index contributed by atoms with van der Waals surface area (Å²) in [4.78, 5) is 0. The molecule has 3 nitrogen and oxygen atoms in total. The fourth-order valence-corrected chi connectivity index (χ4v) is 3.44. The lowest BCUT2D eigenvalue weighted by Crippen LogP contribution is -2.49. The van der Waals surface area contributed by atoms with E-state index in [4.69, 9.17) is 9.39 Å². The smallest absolute Gasteiger partial charge is 0.330 e. The molecule has 0 aliphatic carbocycles. The quantitative estimate of drug-likeness (QED) is 0.708. The molecule has 0 spiro atoms. The highest BCUT2D eigenvalue weighted by Gasteiger charge is 2.35. The van der Waals surface area contributed by atoms with Crippen LogP contribution in [-0.2, 0) is 11.3 Å². The third kappa shape index (κ3) is 6.23. The van der Waals surface area contributed by atoms with Crippen LogP contribution < -0.4 is 15.4 Å². The molecule has 5 heteroatoms. The van der Waals surface area contributed by atoms with Gasteiger partial charge in [0, 0.05) is 0 Å². The number of hydrogen-bond acceptors (Lipinski definition) is 3. The molecule has 2 rings (SSSR count). The van der Waals surface area contributed by atoms with Crippen molar-refractivity contribution in [1.82, 2.24) is 0 Å². The van der Waals surface area contributed by atoms with Gasteiger partial charge in [0.05, 0.1) is 19.3 Å². The highest BCUT2D eigenvalue weighted by molar-refractivity contribution is 6.88. The average molecular weight is 383 g/mol. The van der Waals surface area contributed by atoms with Crippen LogP contribution in [0.15, 0.2) is 48.5 Å². The van der Waals surface area contributed by atoms with Crippen molar-refractivity contribution in [3.05, 3.63) is 54.1 Å². The van der Waals surface area contributed by atoms with Gasteiger partial charge in [-0.05, 0) is 45.4 Å². The van der Waals surface area contributed by atoms with Crippen LogP contribution in [0.3, 0.4) is 0 Å². The van der Waals surface area contributed by atoms with Crippen LogP contribution in [0, 0.1) is 0 Å². The Morgan fingerprint density at radius 1 is 0.889 bits per heavy atom. The maximum absolute atomic E-state index is 10.1. The van der Waals surface area contributed by atoms with Crippen LogP contribution in [0.2, 0.25) is 19.6 Å². The number of rotatable bonds is 8. The summed E-state index contributed by atoms with van der Waals surface area (Å²) in [5, 5.41) is 11.6. The molecular formula is C22H32BO3Si. The van der Waals surface area contributed by atoms with Crippen LogP contribution in [0.5, 0.6) is 5.75 Å². The van der Waals surface area contributed by atoms with Crippen molar-refractivity contribution >= 4 is 26.2 Å². The molecule has 2 aromatic rings. The molecule has 0 unspecified atom stereocenters. The lowest BCUT2D eigenvalue weighted by molar-refractivity contribution is -0.0893. The summed E-state index contributed by atoms with van der Waals surface area (Å²) in [5.74, 6) is 0.822. The summed E-state index contributed by atoms with van der Waals surface area (Å²) >= 11 is 0. The summed E-state index contributed by atoms with van der Waals surface area (Å²) in [5.41, 5.74) is 0.490. The topological polar surface area (TPSA) is 38.7 Å². The summed E-state index contributed by atoms with van der Waals surface area (Å²) in [6.07, 6.45) is 0. The Hall–Kier alpha value is -1.56. The number of aliphatic hydroxyl groups is 1. The van der Waals surface area contributed by atoms with Gasteiger partial charge in [-0.1, -0.05) is 66.7 Å². The SMILES string of the molecule is CC(C)(O)C(C)(C)O[B]c1ccc(OCc2ccc([Si](C)(C)C)cc2)cc1. The van der Waals surface area contributed by atoms with E-state index in [-0.39, 0.29) is 0 Å². The fraction of sp³-hybridized carbons (Fsp3) is 0.455. The summed E-state index contributed by atoms with van der Waals surface area (Å²) in [6.45, 7) is 14.8. The van der Waals surface area contributed by atoms with Crippen LogP contribution in [-0.4, -0.2) is 31.9 Å². The van der Waals surface area contributed by atoms with Gasteiger partial charge >= 0.3 is 7.48 Å². The minimum atomic E-state index is -1.25. The first-order valence-corrected chi connectivity index (χ1v) is 12.9. The lowest BCUT2D eigenvalue weighted by atomic mass is 9.82. The molecule has 0 atom stereocenters. The molecule has 0 amide bonds. The summed E-state index contributed by atoms with van der Waals surface area (Å²) < 4.78 is 11.7. The van der Waals surface area contributed by atoms with Gasteiger partial charge < -0.3 is 14.5 Å². The molecular weight excluding hydrogens is 351 g/mol. The highest BCUT2D eigenvalue weighted by atomic mass is 28.3. The van der Waals surface area contributed by atoms with Crippen LogP contribution in [0.4, 0.5) is 0 Å². The third-order valence-electron chi connectivity index (χ3n) is 5.07. The van der Waals surface area contributed by atoms with Crippen LogP contribution in [0.1, 0.15) is 33.3 Å². The van der Waals surface area contributed by atoms with E-state index in [2.05, 4.69) is 43.9 Å². The van der Waals surface area contributed by atoms with Crippen molar-refractivity contribution in [2.45, 2.75) is 65.1 Å². The maximum Gasteiger partial charge on any atom is 0.330 e. The van der Waals surface area contributed by atoms with Crippen molar-refractivity contribution in [3.63, 3.8) is 0 Å². The molecule has 1 N–H and O–H groups in total. The molecule has 0 aliphatic heterocycles. The van der Waals surface area contributed by atoms with Gasteiger partial charge in [0.15, 0.2) is 0 Å². The molecule has 27 heavy (non-hydrogen) atoms. The molecule has 0 saturated heterocycles. The van der Waals surface area contributed by atoms with Crippen molar-refractivity contribution in [2.75, 3.05) is 0 Å². The molecule has 0 saturated carbocycles. The molecule has 0 bridgehead atoms. The zero-order valence-corrected chi connectivity index (χ0v) is 18.7. The Kier molecular flexibility index (Phi) is 6.61. The second kappa shape index (κ2) is 8.21. The van der Waals surface area contributed by atoms with E-state index in [1.54, 1.807) is 21.3 Å². The highest BCUT2D eigenvalue weighted by Crippen LogP contribution is 2.24. The van der Waals surface area contributed by atoms with E-state index in [1.807, 2.05) is 38.1 Å². The number of benzene rings is 2. The van der Waals surface area contributed by atoms with Crippen LogP contribution in [0.25, 0.3) is 0 Å². The molecule has 1 radical (unpaired) electrons. The minimum absolute atomic E-state index is 0.553. The van der Waals surface area contributed by atoms with E-state index in [9.17, 15) is 5.11 Å². The van der Waals surface area contributed by atoms with Gasteiger partial charge in [-0.3, -0.25) is 0 Å². The van der Waals surface area contributed by atoms with E-state index >= 15 is 0 Å². The van der Waals surface area contributed by atoms with E-state index in [1.165, 1.54) is 10.8 Å². The molecule has 0 fully saturated rings. The molecule has 145 valence electrons. The van der Waals surface area contributed by atoms with Gasteiger partial charge in [0.25, 0.3) is 0 Å². The molecule has 0 aromatic heterocycles. The monoisotopic (exact) mass is 383 g/mol. The lowest BCUT2D eigenvalue weighted by Gasteiger charge is -2.37. The molecule has 2 aromatic carbocycles. The zero-order valence-electron chi connectivity index (χ0n) is 17.7. The second-order valence-corrected chi connectivity index (χ2v) is 14.2. The van der Waals surface area contributed by atoms with Gasteiger partial charge in [0.1, 0.15) is 12.4 Å². The first kappa shape index (κ1) is 21.7. The van der Waals surface area contributed by atoms with Gasteiger partial charge in [-0.2, -0.15) is 0 Å². The van der Waals surface area contributed by atoms with Crippen molar-refractivity contribution in [1.29, 1.82) is 0 Å². The Morgan fingerprint density at radius 3 is 1.93 bits per heavy atom. The third-order valence-corrected chi connectivity index (χ3v) is 7.13. The molecule has 0 aliphatic rings. The van der Waals surface area contributed by atoms with Crippen molar-refractivity contribution in [3.8, 4) is 5.75 Å². The first-order valence-electron chi connectivity index (χ1n) is 9.44. The average Bonchev–Trinajstić information content (AvgIpc) is 2.58. The Balaban J connectivity index is 1.89. The first-order chi connectivity index (χ1) is 12.4. The van der Waals surface area contributed by atoms with E-state index < -0.39 is 19.3 Å². The van der Waals surface area contributed by atoms with Gasteiger partial charge in [-0.25, -0.2) is 0 Å². The van der Waals surface area contributed by atoms with Crippen molar-refractivity contribution in [2.24, 2.45) is 0 Å². The van der Waals surface area contributed by atoms with Crippen molar-refractivity contribution < 1.29 is 14.5 Å². The van der Waals surface area contributed by atoms with E-state index in [0.29, 0.717) is 6.61 Å². The van der Waals surface area contributed by atoms with Crippen LogP contribution >= 0.6 is 0 Å². The molecule has 0 heterocycles. The maximum atomic E-state index is 10.1. The van der Waals surface area contributed by atoms with Gasteiger partial charge in [0.2, 0.25) is 0 Å². The fourth-order valence-electron chi connectivity index (χ4n) is 2.27. The predicted molar refractivity (Wildman–Crippen MR) is 117 cm³/mol. The Bertz CT molecular complexity index is 726. The summed E-state index contributed by atoms with van der Waals surface area (Å²) in [6, 6.07) is 16.5.